The maximum atomic E-state index is 13.0. The molecule has 11 heteroatoms. The number of hydrogen-bond acceptors (Lipinski definition) is 7. The van der Waals surface area contributed by atoms with E-state index in [2.05, 4.69) is 0 Å². The van der Waals surface area contributed by atoms with E-state index >= 15 is 0 Å². The summed E-state index contributed by atoms with van der Waals surface area (Å²) >= 11 is 0. The van der Waals surface area contributed by atoms with Crippen molar-refractivity contribution in [1.29, 1.82) is 0 Å². The monoisotopic (exact) mass is 592 g/mol. The summed E-state index contributed by atoms with van der Waals surface area (Å²) < 4.78 is 36.7. The van der Waals surface area contributed by atoms with Gasteiger partial charge in [0.05, 0.1) is 0 Å². The number of aromatic hydroxyl groups is 2. The molecular formula is C31H42F2N2O7. The summed E-state index contributed by atoms with van der Waals surface area (Å²) in [5.74, 6) is -1.92. The van der Waals surface area contributed by atoms with Crippen molar-refractivity contribution in [2.24, 2.45) is 0 Å². The second-order valence-electron chi connectivity index (χ2n) is 11.9. The minimum Gasteiger partial charge on any atom is -0.505 e. The molecule has 2 heterocycles. The Bertz CT molecular complexity index is 1240. The number of nitrogens with zero attached hydrogens (tertiary/aromatic N) is 2. The second kappa shape index (κ2) is 14.4. The van der Waals surface area contributed by atoms with Crippen LogP contribution >= 0.6 is 0 Å². The number of benzene rings is 2. The molecule has 0 spiro atoms. The van der Waals surface area contributed by atoms with Crippen LogP contribution in [0.3, 0.4) is 0 Å². The minimum absolute atomic E-state index is 0.106. The topological polar surface area (TPSA) is 120 Å². The number of aliphatic hydroxyl groups is 1. The number of rotatable bonds is 2. The average Bonchev–Trinajstić information content (AvgIpc) is 3.58. The van der Waals surface area contributed by atoms with Crippen molar-refractivity contribution in [2.75, 3.05) is 33.3 Å². The fourth-order valence-electron chi connectivity index (χ4n) is 4.25. The van der Waals surface area contributed by atoms with Gasteiger partial charge < -0.3 is 34.6 Å². The zero-order chi connectivity index (χ0) is 31.8. The predicted octanol–water partition coefficient (Wildman–Crippen LogP) is 6.03. The quantitative estimate of drug-likeness (QED) is 0.390. The van der Waals surface area contributed by atoms with Gasteiger partial charge in [0.2, 0.25) is 0 Å². The van der Waals surface area contributed by atoms with Crippen molar-refractivity contribution in [3.8, 4) is 11.5 Å². The Morgan fingerprint density at radius 3 is 1.88 bits per heavy atom. The lowest BCUT2D eigenvalue weighted by Gasteiger charge is -2.24. The maximum Gasteiger partial charge on any atom is 0.410 e. The van der Waals surface area contributed by atoms with E-state index in [1.165, 1.54) is 24.3 Å². The summed E-state index contributed by atoms with van der Waals surface area (Å²) in [5.41, 5.74) is 1.37. The summed E-state index contributed by atoms with van der Waals surface area (Å²) in [5, 5.41) is 25.8. The Kier molecular flexibility index (Phi) is 11.7. The van der Waals surface area contributed by atoms with Crippen LogP contribution < -0.4 is 0 Å². The third-order valence-corrected chi connectivity index (χ3v) is 6.17. The van der Waals surface area contributed by atoms with E-state index in [0.29, 0.717) is 31.7 Å². The molecule has 1 atom stereocenters. The van der Waals surface area contributed by atoms with Crippen LogP contribution in [-0.2, 0) is 9.47 Å². The first-order valence-electron chi connectivity index (χ1n) is 13.6. The lowest BCUT2D eigenvalue weighted by molar-refractivity contribution is 0.0287. The van der Waals surface area contributed by atoms with E-state index in [9.17, 15) is 28.6 Å². The molecule has 0 bridgehead atoms. The SMILES string of the molecule is CC(C)(C)OC(=O)N1CC=C(c2ccc(F)c(O)c2)C1.CC(C)(C)OC(=O)N1CCC(c2ccc(F)c(O)c2)C1.CO. The highest BCUT2D eigenvalue weighted by Gasteiger charge is 2.31. The zero-order valence-corrected chi connectivity index (χ0v) is 25.3. The zero-order valence-electron chi connectivity index (χ0n) is 25.3. The van der Waals surface area contributed by atoms with Crippen LogP contribution in [0.2, 0.25) is 0 Å². The number of aliphatic hydroxyl groups excluding tert-OH is 1. The first kappa shape index (κ1) is 34.3. The fourth-order valence-corrected chi connectivity index (χ4v) is 4.25. The number of likely N-dealkylation sites (tertiary alicyclic amines) is 1. The molecule has 4 rings (SSSR count). The molecule has 0 aromatic heterocycles. The van der Waals surface area contributed by atoms with Gasteiger partial charge in [-0.05, 0) is 88.9 Å². The number of amides is 2. The van der Waals surface area contributed by atoms with Crippen LogP contribution in [0.4, 0.5) is 18.4 Å². The average molecular weight is 593 g/mol. The number of carbonyl (C=O) groups is 2. The van der Waals surface area contributed by atoms with E-state index in [0.717, 1.165) is 24.7 Å². The molecule has 1 unspecified atom stereocenters. The number of halogens is 2. The van der Waals surface area contributed by atoms with Crippen molar-refractivity contribution < 1.29 is 43.2 Å². The van der Waals surface area contributed by atoms with Crippen LogP contribution in [0, 0.1) is 11.6 Å². The summed E-state index contributed by atoms with van der Waals surface area (Å²) in [6.07, 6.45) is 1.95. The number of ether oxygens (including phenoxy) is 2. The van der Waals surface area contributed by atoms with Gasteiger partial charge >= 0.3 is 12.2 Å². The van der Waals surface area contributed by atoms with E-state index < -0.39 is 22.8 Å². The molecule has 3 N–H and O–H groups in total. The standard InChI is InChI=1S/C15H20FNO3.C15H18FNO3.CH4O/c2*1-15(2,3)20-14(19)17-7-6-11(9-17)10-4-5-12(16)13(18)8-10;1-2/h4-5,8,11,18H,6-7,9H2,1-3H3;4-6,8,18H,7,9H2,1-3H3;2H,1H3. The molecule has 232 valence electrons. The Labute approximate surface area is 246 Å². The molecular weight excluding hydrogens is 550 g/mol. The van der Waals surface area contributed by atoms with Gasteiger partial charge in [-0.25, -0.2) is 18.4 Å². The molecule has 2 amide bonds. The van der Waals surface area contributed by atoms with Crippen molar-refractivity contribution in [2.45, 2.75) is 65.1 Å². The molecule has 2 aromatic rings. The lowest BCUT2D eigenvalue weighted by atomic mass is 9.98. The van der Waals surface area contributed by atoms with Crippen LogP contribution in [0.15, 0.2) is 42.5 Å². The summed E-state index contributed by atoms with van der Waals surface area (Å²) in [7, 11) is 1.00. The molecule has 2 aliphatic rings. The van der Waals surface area contributed by atoms with E-state index in [1.807, 2.05) is 47.6 Å². The highest BCUT2D eigenvalue weighted by atomic mass is 19.1. The van der Waals surface area contributed by atoms with E-state index in [4.69, 9.17) is 14.6 Å². The molecule has 0 saturated carbocycles. The van der Waals surface area contributed by atoms with Gasteiger partial charge in [0.15, 0.2) is 23.1 Å². The Balaban J connectivity index is 0.000000277. The molecule has 2 aliphatic heterocycles. The van der Waals surface area contributed by atoms with Gasteiger partial charge in [-0.3, -0.25) is 0 Å². The summed E-state index contributed by atoms with van der Waals surface area (Å²) in [6.45, 7) is 12.9. The maximum absolute atomic E-state index is 13.0. The van der Waals surface area contributed by atoms with Gasteiger partial charge in [-0.2, -0.15) is 0 Å². The van der Waals surface area contributed by atoms with Gasteiger partial charge in [0.25, 0.3) is 0 Å². The number of carbonyl (C=O) groups excluding carboxylic acids is 2. The second-order valence-corrected chi connectivity index (χ2v) is 11.9. The predicted molar refractivity (Wildman–Crippen MR) is 155 cm³/mol. The minimum atomic E-state index is -0.656. The van der Waals surface area contributed by atoms with Crippen molar-refractivity contribution in [3.05, 3.63) is 65.2 Å². The third-order valence-electron chi connectivity index (χ3n) is 6.17. The molecule has 0 aliphatic carbocycles. The lowest BCUT2D eigenvalue weighted by Crippen LogP contribution is -2.35. The highest BCUT2D eigenvalue weighted by Crippen LogP contribution is 2.31. The normalized spacial score (nSPS) is 16.5. The molecule has 1 saturated heterocycles. The molecule has 42 heavy (non-hydrogen) atoms. The van der Waals surface area contributed by atoms with Gasteiger partial charge in [-0.1, -0.05) is 18.2 Å². The first-order chi connectivity index (χ1) is 19.5. The third kappa shape index (κ3) is 10.2. The fraction of sp³-hybridized carbons (Fsp3) is 0.484. The van der Waals surface area contributed by atoms with Crippen molar-refractivity contribution >= 4 is 17.8 Å². The molecule has 1 fully saturated rings. The number of phenols is 2. The Morgan fingerprint density at radius 2 is 1.36 bits per heavy atom. The van der Waals surface area contributed by atoms with Gasteiger partial charge in [0.1, 0.15) is 11.2 Å². The van der Waals surface area contributed by atoms with Crippen LogP contribution in [0.1, 0.15) is 65.0 Å². The Morgan fingerprint density at radius 1 is 0.833 bits per heavy atom. The molecule has 0 radical (unpaired) electrons. The van der Waals surface area contributed by atoms with Crippen molar-refractivity contribution in [3.63, 3.8) is 0 Å². The van der Waals surface area contributed by atoms with E-state index in [1.54, 1.807) is 21.9 Å². The smallest absolute Gasteiger partial charge is 0.410 e. The molecule has 9 nitrogen and oxygen atoms in total. The van der Waals surface area contributed by atoms with Crippen molar-refractivity contribution in [1.82, 2.24) is 9.80 Å². The largest absolute Gasteiger partial charge is 0.505 e. The summed E-state index contributed by atoms with van der Waals surface area (Å²) in [6, 6.07) is 8.48. The highest BCUT2D eigenvalue weighted by molar-refractivity contribution is 5.78. The number of hydrogen-bond donors (Lipinski definition) is 3. The summed E-state index contributed by atoms with van der Waals surface area (Å²) in [4.78, 5) is 27.1. The van der Waals surface area contributed by atoms with Gasteiger partial charge in [0, 0.05) is 39.2 Å². The number of phenolic OH excluding ortho intramolecular Hbond substituents is 2. The van der Waals surface area contributed by atoms with E-state index in [-0.39, 0.29) is 29.6 Å². The van der Waals surface area contributed by atoms with Crippen LogP contribution in [0.5, 0.6) is 11.5 Å². The van der Waals surface area contributed by atoms with Crippen LogP contribution in [0.25, 0.3) is 5.57 Å². The molecule has 2 aromatic carbocycles. The van der Waals surface area contributed by atoms with Gasteiger partial charge in [-0.15, -0.1) is 0 Å². The first-order valence-corrected chi connectivity index (χ1v) is 13.6. The Hall–Kier alpha value is -3.86. The van der Waals surface area contributed by atoms with Crippen LogP contribution in [-0.4, -0.2) is 81.8 Å².